The third kappa shape index (κ3) is 60.4. The first kappa shape index (κ1) is 77.0. The lowest BCUT2D eigenvalue weighted by Crippen LogP contribution is -2.47. The standard InChI is InChI=1S/C69H131N2O7P/c1-7-10-13-16-19-22-25-28-30-32-34-35-37-38-40-43-46-49-52-55-58-61-68(72)70-66(65-77-79(74,75)76-64-63-71(4,5)6)67(60-57-54-51-48-45-42-27-24-21-18-15-12-9-3)78-69(73)62-59-56-53-50-47-44-41-39-36-33-31-29-26-23-20-17-14-11-8-2/h19,22,28-31,57,60,66-67H,7-18,20-21,23-27,32-56,58-59,61-65H2,1-6H3,(H-,70,72,74,75)/p+1/b22-19-,30-28-,31-29+,60-57+. The van der Waals surface area contributed by atoms with Gasteiger partial charge in [-0.25, -0.2) is 4.57 Å². The molecule has 0 aliphatic carbocycles. The molecule has 0 fully saturated rings. The molecule has 0 aromatic rings. The highest BCUT2D eigenvalue weighted by Crippen LogP contribution is 2.43. The van der Waals surface area contributed by atoms with E-state index in [1.165, 1.54) is 231 Å². The number of unbranched alkanes of at least 4 members (excludes halogenated alkanes) is 40. The highest BCUT2D eigenvalue weighted by Gasteiger charge is 2.30. The smallest absolute Gasteiger partial charge is 0.456 e. The molecule has 0 aliphatic rings. The largest absolute Gasteiger partial charge is 0.472 e. The van der Waals surface area contributed by atoms with Gasteiger partial charge in [-0.1, -0.05) is 275 Å². The highest BCUT2D eigenvalue weighted by atomic mass is 31.2. The quantitative estimate of drug-likeness (QED) is 0.0205. The predicted octanol–water partition coefficient (Wildman–Crippen LogP) is 21.2. The molecular formula is C69H132N2O7P+. The fourth-order valence-corrected chi connectivity index (χ4v) is 10.7. The number of phosphoric ester groups is 1. The first-order valence-electron chi connectivity index (χ1n) is 34.0. The van der Waals surface area contributed by atoms with Gasteiger partial charge in [0, 0.05) is 12.8 Å². The zero-order chi connectivity index (χ0) is 57.9. The first-order valence-corrected chi connectivity index (χ1v) is 35.5. The number of likely N-dealkylation sites (N-methyl/N-ethyl adjacent to an activating group) is 1. The van der Waals surface area contributed by atoms with Gasteiger partial charge in [0.1, 0.15) is 19.3 Å². The number of allylic oxidation sites excluding steroid dienone is 7. The van der Waals surface area contributed by atoms with Crippen molar-refractivity contribution in [1.82, 2.24) is 5.32 Å². The van der Waals surface area contributed by atoms with Gasteiger partial charge in [-0.2, -0.15) is 0 Å². The molecule has 0 aromatic carbocycles. The van der Waals surface area contributed by atoms with Crippen LogP contribution in [0.1, 0.15) is 329 Å². The predicted molar refractivity (Wildman–Crippen MR) is 342 cm³/mol. The number of carbonyl (C=O) groups excluding carboxylic acids is 2. The summed E-state index contributed by atoms with van der Waals surface area (Å²) < 4.78 is 30.8. The van der Waals surface area contributed by atoms with Crippen LogP contribution in [0.15, 0.2) is 48.6 Å². The summed E-state index contributed by atoms with van der Waals surface area (Å²) in [7, 11) is 1.50. The Morgan fingerprint density at radius 3 is 1.18 bits per heavy atom. The molecule has 0 aromatic heterocycles. The number of nitrogens with zero attached hydrogens (tertiary/aromatic N) is 1. The average molecular weight is 1130 g/mol. The monoisotopic (exact) mass is 1130 g/mol. The second-order valence-electron chi connectivity index (χ2n) is 24.3. The number of esters is 1. The number of hydrogen-bond acceptors (Lipinski definition) is 6. The summed E-state index contributed by atoms with van der Waals surface area (Å²) in [4.78, 5) is 37.8. The third-order valence-electron chi connectivity index (χ3n) is 15.2. The van der Waals surface area contributed by atoms with Gasteiger partial charge in [-0.3, -0.25) is 18.6 Å². The van der Waals surface area contributed by atoms with Crippen molar-refractivity contribution in [3.05, 3.63) is 48.6 Å². The number of rotatable bonds is 62. The summed E-state index contributed by atoms with van der Waals surface area (Å²) >= 11 is 0. The van der Waals surface area contributed by atoms with Crippen LogP contribution in [0.25, 0.3) is 0 Å². The van der Waals surface area contributed by atoms with E-state index < -0.39 is 20.0 Å². The molecule has 0 radical (unpaired) electrons. The molecule has 3 unspecified atom stereocenters. The molecule has 3 atom stereocenters. The van der Waals surface area contributed by atoms with Crippen LogP contribution >= 0.6 is 7.82 Å². The van der Waals surface area contributed by atoms with Gasteiger partial charge in [0.25, 0.3) is 0 Å². The van der Waals surface area contributed by atoms with Gasteiger partial charge >= 0.3 is 13.8 Å². The number of quaternary nitrogens is 1. The van der Waals surface area contributed by atoms with Crippen LogP contribution in [0.5, 0.6) is 0 Å². The van der Waals surface area contributed by atoms with Crippen molar-refractivity contribution in [2.75, 3.05) is 40.9 Å². The third-order valence-corrected chi connectivity index (χ3v) is 16.2. The Labute approximate surface area is 490 Å². The Hall–Kier alpha value is -2.03. The van der Waals surface area contributed by atoms with Gasteiger partial charge in [0.05, 0.1) is 33.8 Å². The second kappa shape index (κ2) is 59.1. The number of amides is 1. The van der Waals surface area contributed by atoms with Crippen LogP contribution in [0.2, 0.25) is 0 Å². The molecule has 0 saturated heterocycles. The lowest BCUT2D eigenvalue weighted by atomic mass is 10.0. The zero-order valence-electron chi connectivity index (χ0n) is 53.1. The summed E-state index contributed by atoms with van der Waals surface area (Å²) in [6.07, 6.45) is 73.9. The maximum Gasteiger partial charge on any atom is 0.472 e. The summed E-state index contributed by atoms with van der Waals surface area (Å²) in [5.41, 5.74) is 0. The van der Waals surface area contributed by atoms with Gasteiger partial charge in [-0.15, -0.1) is 0 Å². The summed E-state index contributed by atoms with van der Waals surface area (Å²) in [5.74, 6) is -0.497. The van der Waals surface area contributed by atoms with E-state index in [0.29, 0.717) is 23.9 Å². The summed E-state index contributed by atoms with van der Waals surface area (Å²) in [6.45, 7) is 7.02. The fraction of sp³-hybridized carbons (Fsp3) is 0.855. The minimum absolute atomic E-state index is 0.0404. The molecule has 0 bridgehead atoms. The molecule has 10 heteroatoms. The van der Waals surface area contributed by atoms with Crippen LogP contribution in [0.4, 0.5) is 0 Å². The number of nitrogens with one attached hydrogen (secondary N) is 1. The Balaban J connectivity index is 5.17. The minimum Gasteiger partial charge on any atom is -0.456 e. The summed E-state index contributed by atoms with van der Waals surface area (Å²) in [6, 6.07) is -0.850. The van der Waals surface area contributed by atoms with E-state index in [9.17, 15) is 19.0 Å². The van der Waals surface area contributed by atoms with Crippen LogP contribution in [0.3, 0.4) is 0 Å². The number of ether oxygens (including phenoxy) is 1. The Morgan fingerprint density at radius 2 is 0.772 bits per heavy atom. The van der Waals surface area contributed by atoms with Gasteiger partial charge < -0.3 is 19.4 Å². The van der Waals surface area contributed by atoms with E-state index in [1.54, 1.807) is 0 Å². The number of carbonyl (C=O) groups is 2. The van der Waals surface area contributed by atoms with E-state index >= 15 is 0 Å². The highest BCUT2D eigenvalue weighted by molar-refractivity contribution is 7.47. The Morgan fingerprint density at radius 1 is 0.443 bits per heavy atom. The Bertz CT molecular complexity index is 1490. The molecule has 0 rings (SSSR count). The van der Waals surface area contributed by atoms with Crippen molar-refractivity contribution in [3.8, 4) is 0 Å². The van der Waals surface area contributed by atoms with Crippen LogP contribution in [-0.2, 0) is 27.9 Å². The average Bonchev–Trinajstić information content (AvgIpc) is 3.41. The molecule has 9 nitrogen and oxygen atoms in total. The SMILES string of the molecule is CCCCC/C=C\C/C=C\CCCCCCCCCCCCCC(=O)NC(COP(=O)(O)OCC[N+](C)(C)C)C(/C=C/CCCCCCCCCCCCC)OC(=O)CCCCCCCCCCC/C=C/CCCCCCCC. The van der Waals surface area contributed by atoms with Crippen molar-refractivity contribution in [2.24, 2.45) is 0 Å². The molecule has 2 N–H and O–H groups in total. The molecule has 0 heterocycles. The second-order valence-corrected chi connectivity index (χ2v) is 25.8. The number of hydrogen-bond donors (Lipinski definition) is 2. The topological polar surface area (TPSA) is 111 Å². The van der Waals surface area contributed by atoms with E-state index in [1.807, 2.05) is 33.3 Å². The molecule has 79 heavy (non-hydrogen) atoms. The van der Waals surface area contributed by atoms with Crippen molar-refractivity contribution in [1.29, 1.82) is 0 Å². The van der Waals surface area contributed by atoms with E-state index in [4.69, 9.17) is 13.8 Å². The lowest BCUT2D eigenvalue weighted by molar-refractivity contribution is -0.870. The van der Waals surface area contributed by atoms with Crippen LogP contribution in [-0.4, -0.2) is 74.3 Å². The van der Waals surface area contributed by atoms with Crippen LogP contribution < -0.4 is 5.32 Å². The first-order chi connectivity index (χ1) is 38.4. The maximum absolute atomic E-state index is 13.6. The maximum atomic E-state index is 13.6. The minimum atomic E-state index is -4.45. The lowest BCUT2D eigenvalue weighted by Gasteiger charge is -2.27. The van der Waals surface area contributed by atoms with E-state index in [0.717, 1.165) is 64.2 Å². The van der Waals surface area contributed by atoms with Gasteiger partial charge in [0.15, 0.2) is 0 Å². The molecule has 0 spiro atoms. The van der Waals surface area contributed by atoms with Crippen molar-refractivity contribution in [2.45, 2.75) is 341 Å². The molecular weight excluding hydrogens is 1000 g/mol. The van der Waals surface area contributed by atoms with Crippen LogP contribution in [0, 0.1) is 0 Å². The molecule has 464 valence electrons. The van der Waals surface area contributed by atoms with Crippen molar-refractivity contribution < 1.29 is 37.3 Å². The molecule has 0 aliphatic heterocycles. The fourth-order valence-electron chi connectivity index (χ4n) is 9.97. The summed E-state index contributed by atoms with van der Waals surface area (Å²) in [5, 5.41) is 3.07. The van der Waals surface area contributed by atoms with E-state index in [-0.39, 0.29) is 25.1 Å². The normalized spacial score (nSPS) is 13.9. The van der Waals surface area contributed by atoms with Gasteiger partial charge in [0.2, 0.25) is 5.91 Å². The zero-order valence-corrected chi connectivity index (χ0v) is 54.0. The van der Waals surface area contributed by atoms with Gasteiger partial charge in [-0.05, 0) is 89.5 Å². The van der Waals surface area contributed by atoms with E-state index in [2.05, 4.69) is 62.5 Å². The van der Waals surface area contributed by atoms with Crippen molar-refractivity contribution in [3.63, 3.8) is 0 Å². The van der Waals surface area contributed by atoms with Crippen molar-refractivity contribution >= 4 is 19.7 Å². The molecule has 0 saturated carbocycles. The number of phosphoric acid groups is 1. The molecule has 1 amide bonds. The Kier molecular flexibility index (Phi) is 57.6.